The number of nitrogens with one attached hydrogen (secondary N) is 1. The van der Waals surface area contributed by atoms with Crippen molar-refractivity contribution in [2.75, 3.05) is 14.2 Å². The van der Waals surface area contributed by atoms with E-state index in [2.05, 4.69) is 32.4 Å². The van der Waals surface area contributed by atoms with Gasteiger partial charge in [0.05, 0.1) is 42.1 Å². The number of hydrogen-bond donors (Lipinski definition) is 1. The Bertz CT molecular complexity index is 914. The number of benzene rings is 1. The molecule has 1 aliphatic heterocycles. The van der Waals surface area contributed by atoms with Gasteiger partial charge >= 0.3 is 18.6 Å². The second-order valence-electron chi connectivity index (χ2n) is 5.92. The molecule has 10 heteroatoms. The van der Waals surface area contributed by atoms with Gasteiger partial charge in [0.2, 0.25) is 0 Å². The third-order valence-corrected chi connectivity index (χ3v) is 4.36. The van der Waals surface area contributed by atoms with E-state index in [9.17, 15) is 18.4 Å². The Morgan fingerprint density at radius 3 is 2.14 bits per heavy atom. The molecular weight excluding hydrogens is 406 g/mol. The summed E-state index contributed by atoms with van der Waals surface area (Å²) in [5.41, 5.74) is 1.23. The Morgan fingerprint density at radius 2 is 1.69 bits per heavy atom. The normalized spacial score (nSPS) is 14.3. The predicted molar refractivity (Wildman–Crippen MR) is 103 cm³/mol. The summed E-state index contributed by atoms with van der Waals surface area (Å²) in [6, 6.07) is 4.04. The van der Waals surface area contributed by atoms with Crippen LogP contribution in [0.1, 0.15) is 25.3 Å². The lowest BCUT2D eigenvalue weighted by atomic mass is 9.80. The van der Waals surface area contributed by atoms with Gasteiger partial charge in [-0.05, 0) is 44.3 Å². The summed E-state index contributed by atoms with van der Waals surface area (Å²) < 4.78 is 40.4. The van der Waals surface area contributed by atoms with Crippen LogP contribution in [0.5, 0.6) is 5.75 Å². The fourth-order valence-electron chi connectivity index (χ4n) is 3.15. The van der Waals surface area contributed by atoms with E-state index in [0.717, 1.165) is 0 Å². The van der Waals surface area contributed by atoms with Crippen molar-refractivity contribution < 1.29 is 32.6 Å². The molecule has 1 heterocycles. The number of esters is 2. The summed E-state index contributed by atoms with van der Waals surface area (Å²) in [6.45, 7) is 0.0705. The van der Waals surface area contributed by atoms with Crippen molar-refractivity contribution in [3.63, 3.8) is 0 Å². The molecule has 0 saturated carbocycles. The van der Waals surface area contributed by atoms with Crippen molar-refractivity contribution in [1.82, 2.24) is 5.32 Å². The largest absolute Gasteiger partial charge is 0.466 e. The average Bonchev–Trinajstić information content (AvgIpc) is 2.67. The number of allylic oxidation sites excluding steroid dienone is 2. The molecule has 1 aliphatic rings. The molecule has 2 rings (SSSR count). The van der Waals surface area contributed by atoms with Crippen LogP contribution >= 0.6 is 12.2 Å². The maximum atomic E-state index is 13.0. The van der Waals surface area contributed by atoms with Crippen LogP contribution in [0.25, 0.3) is 0 Å². The van der Waals surface area contributed by atoms with E-state index in [-0.39, 0.29) is 28.1 Å². The molecule has 0 bridgehead atoms. The predicted octanol–water partition coefficient (Wildman–Crippen LogP) is 3.60. The van der Waals surface area contributed by atoms with E-state index in [4.69, 9.17) is 9.47 Å². The number of alkyl halides is 2. The fraction of sp³-hybridized carbons (Fsp3) is 0.316. The van der Waals surface area contributed by atoms with Gasteiger partial charge in [-0.3, -0.25) is 0 Å². The quantitative estimate of drug-likeness (QED) is 0.424. The van der Waals surface area contributed by atoms with E-state index < -0.39 is 24.5 Å². The first-order valence-corrected chi connectivity index (χ1v) is 8.67. The smallest absolute Gasteiger partial charge is 0.387 e. The Hall–Kier alpha value is -3.10. The fourth-order valence-corrected chi connectivity index (χ4v) is 3.26. The number of isothiocyanates is 1. The van der Waals surface area contributed by atoms with Crippen LogP contribution in [0, 0.1) is 0 Å². The number of methoxy groups -OCH3 is 2. The molecule has 29 heavy (non-hydrogen) atoms. The van der Waals surface area contributed by atoms with E-state index in [1.54, 1.807) is 13.8 Å². The summed E-state index contributed by atoms with van der Waals surface area (Å²) in [5.74, 6) is -2.84. The Labute approximate surface area is 171 Å². The summed E-state index contributed by atoms with van der Waals surface area (Å²) >= 11 is 4.60. The van der Waals surface area contributed by atoms with Crippen molar-refractivity contribution in [3.8, 4) is 5.75 Å². The molecule has 7 nitrogen and oxygen atoms in total. The number of thiocarbonyl (C=S) groups is 1. The van der Waals surface area contributed by atoms with Crippen LogP contribution in [0.3, 0.4) is 0 Å². The highest BCUT2D eigenvalue weighted by molar-refractivity contribution is 7.78. The highest BCUT2D eigenvalue weighted by Crippen LogP contribution is 2.44. The highest BCUT2D eigenvalue weighted by atomic mass is 32.1. The molecule has 0 unspecified atom stereocenters. The third-order valence-electron chi connectivity index (χ3n) is 4.27. The Balaban J connectivity index is 2.86. The zero-order valence-electron chi connectivity index (χ0n) is 16.0. The van der Waals surface area contributed by atoms with Crippen molar-refractivity contribution >= 4 is 35.0 Å². The van der Waals surface area contributed by atoms with Gasteiger partial charge in [0, 0.05) is 17.0 Å². The number of halogens is 2. The van der Waals surface area contributed by atoms with Crippen molar-refractivity contribution in [3.05, 3.63) is 46.3 Å². The Kier molecular flexibility index (Phi) is 7.19. The molecule has 0 aromatic heterocycles. The van der Waals surface area contributed by atoms with Crippen molar-refractivity contribution in [1.29, 1.82) is 0 Å². The monoisotopic (exact) mass is 424 g/mol. The molecule has 0 saturated heterocycles. The van der Waals surface area contributed by atoms with Gasteiger partial charge in [-0.15, -0.1) is 0 Å². The van der Waals surface area contributed by atoms with E-state index in [1.807, 2.05) is 0 Å². The zero-order valence-corrected chi connectivity index (χ0v) is 16.9. The first kappa shape index (κ1) is 22.2. The number of carbonyl (C=O) groups is 2. The van der Waals surface area contributed by atoms with Crippen LogP contribution in [-0.4, -0.2) is 37.9 Å². The molecule has 1 aromatic rings. The minimum atomic E-state index is -3.13. The van der Waals surface area contributed by atoms with Gasteiger partial charge in [-0.1, -0.05) is 0 Å². The number of hydrogen-bond acceptors (Lipinski definition) is 8. The molecule has 0 spiro atoms. The summed E-state index contributed by atoms with van der Waals surface area (Å²) in [6.07, 6.45) is 0. The van der Waals surface area contributed by atoms with Crippen molar-refractivity contribution in [2.45, 2.75) is 26.4 Å². The van der Waals surface area contributed by atoms with Crippen molar-refractivity contribution in [2.24, 2.45) is 4.99 Å². The minimum absolute atomic E-state index is 0.0427. The highest BCUT2D eigenvalue weighted by Gasteiger charge is 2.39. The van der Waals surface area contributed by atoms with E-state index in [1.165, 1.54) is 32.4 Å². The molecule has 0 aliphatic carbocycles. The van der Waals surface area contributed by atoms with Gasteiger partial charge in [-0.2, -0.15) is 13.8 Å². The molecule has 0 fully saturated rings. The lowest BCUT2D eigenvalue weighted by molar-refractivity contribution is -0.137. The van der Waals surface area contributed by atoms with E-state index in [0.29, 0.717) is 11.4 Å². The number of ether oxygens (including phenoxy) is 3. The number of dihydropyridines is 1. The molecule has 0 radical (unpaired) electrons. The van der Waals surface area contributed by atoms with Gasteiger partial charge in [0.15, 0.2) is 0 Å². The molecule has 0 amide bonds. The SMILES string of the molecule is COC(=O)C1=C(C)NC(C)=C(C(=O)OC)C1c1cc(N=C=S)ccc1OC(F)F. The van der Waals surface area contributed by atoms with E-state index >= 15 is 0 Å². The molecule has 0 atom stereocenters. The second-order valence-corrected chi connectivity index (χ2v) is 6.10. The number of rotatable bonds is 6. The van der Waals surface area contributed by atoms with Gasteiger partial charge < -0.3 is 19.5 Å². The average molecular weight is 424 g/mol. The van der Waals surface area contributed by atoms with Gasteiger partial charge in [-0.25, -0.2) is 9.59 Å². The zero-order chi connectivity index (χ0) is 21.7. The lowest BCUT2D eigenvalue weighted by Gasteiger charge is -2.31. The van der Waals surface area contributed by atoms with Crippen LogP contribution in [0.15, 0.2) is 45.7 Å². The minimum Gasteiger partial charge on any atom is -0.466 e. The van der Waals surface area contributed by atoms with Crippen LogP contribution in [0.2, 0.25) is 0 Å². The molecule has 1 aromatic carbocycles. The third kappa shape index (κ3) is 4.67. The lowest BCUT2D eigenvalue weighted by Crippen LogP contribution is -2.32. The molecule has 154 valence electrons. The van der Waals surface area contributed by atoms with Crippen LogP contribution in [-0.2, 0) is 19.1 Å². The number of carbonyl (C=O) groups excluding carboxylic acids is 2. The van der Waals surface area contributed by atoms with Crippen LogP contribution in [0.4, 0.5) is 14.5 Å². The topological polar surface area (TPSA) is 86.2 Å². The summed E-state index contributed by atoms with van der Waals surface area (Å²) in [7, 11) is 2.35. The maximum Gasteiger partial charge on any atom is 0.387 e. The second kappa shape index (κ2) is 9.40. The maximum absolute atomic E-state index is 13.0. The summed E-state index contributed by atoms with van der Waals surface area (Å²) in [5, 5.41) is 5.11. The number of aliphatic imine (C=N–C) groups is 1. The Morgan fingerprint density at radius 1 is 1.14 bits per heavy atom. The summed E-state index contributed by atoms with van der Waals surface area (Å²) in [4.78, 5) is 28.9. The first-order chi connectivity index (χ1) is 13.7. The number of nitrogens with zero attached hydrogens (tertiary/aromatic N) is 1. The van der Waals surface area contributed by atoms with Gasteiger partial charge in [0.1, 0.15) is 5.75 Å². The standard InChI is InChI=1S/C19H18F2N2O5S/c1-9-14(17(24)26-3)16(15(10(2)23-9)18(25)27-4)12-7-11(22-8-29)5-6-13(12)28-19(20)21/h5-7,16,19,23H,1-4H3. The first-order valence-electron chi connectivity index (χ1n) is 8.26. The van der Waals surface area contributed by atoms with Crippen LogP contribution < -0.4 is 10.1 Å². The molecular formula is C19H18F2N2O5S. The molecule has 1 N–H and O–H groups in total. The van der Waals surface area contributed by atoms with Gasteiger partial charge in [0.25, 0.3) is 0 Å².